The third kappa shape index (κ3) is 4.56. The molecule has 3 rings (SSSR count). The van der Waals surface area contributed by atoms with Gasteiger partial charge in [-0.2, -0.15) is 0 Å². The van der Waals surface area contributed by atoms with Crippen molar-refractivity contribution >= 4 is 6.03 Å². The van der Waals surface area contributed by atoms with Gasteiger partial charge in [-0.1, -0.05) is 12.1 Å². The van der Waals surface area contributed by atoms with Gasteiger partial charge in [-0.3, -0.25) is 4.57 Å². The van der Waals surface area contributed by atoms with E-state index in [-0.39, 0.29) is 6.03 Å². The maximum Gasteiger partial charge on any atom is 0.315 e. The first-order valence-corrected chi connectivity index (χ1v) is 8.28. The number of hydrogen-bond donors (Lipinski definition) is 2. The van der Waals surface area contributed by atoms with Crippen molar-refractivity contribution in [3.63, 3.8) is 0 Å². The summed E-state index contributed by atoms with van der Waals surface area (Å²) in [5.74, 6) is 1.31. The molecular formula is C18H20N6O2. The Morgan fingerprint density at radius 3 is 2.77 bits per heavy atom. The monoisotopic (exact) mass is 352 g/mol. The van der Waals surface area contributed by atoms with Crippen LogP contribution in [0.4, 0.5) is 4.79 Å². The zero-order valence-electron chi connectivity index (χ0n) is 14.4. The zero-order valence-corrected chi connectivity index (χ0v) is 14.4. The Morgan fingerprint density at radius 1 is 1.15 bits per heavy atom. The quantitative estimate of drug-likeness (QED) is 0.679. The Kier molecular flexibility index (Phi) is 5.76. The van der Waals surface area contributed by atoms with Gasteiger partial charge in [0.2, 0.25) is 5.88 Å². The Labute approximate surface area is 151 Å². The van der Waals surface area contributed by atoms with Gasteiger partial charge in [0.1, 0.15) is 12.1 Å². The first kappa shape index (κ1) is 17.4. The Morgan fingerprint density at radius 2 is 2.04 bits per heavy atom. The number of imidazole rings is 1. The number of urea groups is 1. The normalized spacial score (nSPS) is 10.3. The lowest BCUT2D eigenvalue weighted by Gasteiger charge is -2.11. The molecule has 134 valence electrons. The molecule has 0 aliphatic heterocycles. The fourth-order valence-electron chi connectivity index (χ4n) is 2.31. The van der Waals surface area contributed by atoms with Gasteiger partial charge in [-0.15, -0.1) is 0 Å². The molecule has 2 amide bonds. The highest BCUT2D eigenvalue weighted by Crippen LogP contribution is 2.13. The second kappa shape index (κ2) is 8.61. The number of pyridine rings is 2. The summed E-state index contributed by atoms with van der Waals surface area (Å²) in [5, 5.41) is 5.60. The second-order valence-electron chi connectivity index (χ2n) is 5.43. The highest BCUT2D eigenvalue weighted by molar-refractivity contribution is 5.73. The van der Waals surface area contributed by atoms with Crippen LogP contribution in [0.15, 0.2) is 55.4 Å². The summed E-state index contributed by atoms with van der Waals surface area (Å²) in [5.41, 5.74) is 1.73. The van der Waals surface area contributed by atoms with Gasteiger partial charge in [-0.25, -0.2) is 19.7 Å². The maximum absolute atomic E-state index is 12.0. The average molecular weight is 352 g/mol. The van der Waals surface area contributed by atoms with Crippen molar-refractivity contribution in [3.8, 4) is 11.7 Å². The molecule has 2 N–H and O–H groups in total. The molecule has 0 bridgehead atoms. The van der Waals surface area contributed by atoms with Gasteiger partial charge in [0.25, 0.3) is 0 Å². The largest absolute Gasteiger partial charge is 0.478 e. The van der Waals surface area contributed by atoms with Crippen molar-refractivity contribution in [2.24, 2.45) is 0 Å². The molecule has 8 heteroatoms. The maximum atomic E-state index is 12.0. The van der Waals surface area contributed by atoms with Crippen molar-refractivity contribution in [2.45, 2.75) is 20.0 Å². The molecule has 3 aromatic rings. The van der Waals surface area contributed by atoms with E-state index in [0.717, 1.165) is 16.9 Å². The van der Waals surface area contributed by atoms with Crippen molar-refractivity contribution < 1.29 is 9.53 Å². The van der Waals surface area contributed by atoms with E-state index < -0.39 is 0 Å². The Balaban J connectivity index is 1.48. The minimum Gasteiger partial charge on any atom is -0.478 e. The lowest BCUT2D eigenvalue weighted by Crippen LogP contribution is -2.34. The standard InChI is InChI=1S/C18H20N6O2/c1-2-26-17-15(4-3-7-20-17)12-23-18(25)22-11-14-5-6-16(21-10-14)24-9-8-19-13-24/h3-10,13H,2,11-12H2,1H3,(H2,22,23,25). The fourth-order valence-corrected chi connectivity index (χ4v) is 2.31. The number of aromatic nitrogens is 4. The van der Waals surface area contributed by atoms with Crippen LogP contribution in [0.5, 0.6) is 5.88 Å². The van der Waals surface area contributed by atoms with E-state index in [0.29, 0.717) is 25.6 Å². The van der Waals surface area contributed by atoms with E-state index in [1.165, 1.54) is 0 Å². The number of nitrogens with one attached hydrogen (secondary N) is 2. The van der Waals surface area contributed by atoms with E-state index >= 15 is 0 Å². The lowest BCUT2D eigenvalue weighted by molar-refractivity contribution is 0.240. The van der Waals surface area contributed by atoms with Gasteiger partial charge < -0.3 is 15.4 Å². The molecule has 3 heterocycles. The third-order valence-corrected chi connectivity index (χ3v) is 3.60. The van der Waals surface area contributed by atoms with Gasteiger partial charge in [0.05, 0.1) is 6.61 Å². The van der Waals surface area contributed by atoms with Crippen LogP contribution in [0.3, 0.4) is 0 Å². The molecule has 0 aliphatic carbocycles. The zero-order chi connectivity index (χ0) is 18.2. The Hall–Kier alpha value is -3.42. The van der Waals surface area contributed by atoms with Crippen LogP contribution in [0, 0.1) is 0 Å². The summed E-state index contributed by atoms with van der Waals surface area (Å²) in [4.78, 5) is 24.5. The smallest absolute Gasteiger partial charge is 0.315 e. The van der Waals surface area contributed by atoms with Crippen LogP contribution in [0.2, 0.25) is 0 Å². The van der Waals surface area contributed by atoms with E-state index in [4.69, 9.17) is 4.74 Å². The molecule has 0 fully saturated rings. The van der Waals surface area contributed by atoms with Crippen molar-refractivity contribution in [1.29, 1.82) is 0 Å². The van der Waals surface area contributed by atoms with Crippen molar-refractivity contribution in [1.82, 2.24) is 30.2 Å². The van der Waals surface area contributed by atoms with Gasteiger partial charge in [0.15, 0.2) is 0 Å². The van der Waals surface area contributed by atoms with E-state index in [1.54, 1.807) is 24.9 Å². The van der Waals surface area contributed by atoms with Gasteiger partial charge in [0, 0.05) is 43.4 Å². The summed E-state index contributed by atoms with van der Waals surface area (Å²) < 4.78 is 7.26. The van der Waals surface area contributed by atoms with Crippen LogP contribution >= 0.6 is 0 Å². The SMILES string of the molecule is CCOc1ncccc1CNC(=O)NCc1ccc(-n2ccnc2)nc1. The number of nitrogens with zero attached hydrogens (tertiary/aromatic N) is 4. The number of hydrogen-bond acceptors (Lipinski definition) is 5. The number of carbonyl (C=O) groups is 1. The molecule has 26 heavy (non-hydrogen) atoms. The molecule has 0 saturated carbocycles. The molecule has 0 aromatic carbocycles. The van der Waals surface area contributed by atoms with Crippen molar-refractivity contribution in [2.75, 3.05) is 6.61 Å². The highest BCUT2D eigenvalue weighted by atomic mass is 16.5. The summed E-state index contributed by atoms with van der Waals surface area (Å²) in [6, 6.07) is 7.20. The highest BCUT2D eigenvalue weighted by Gasteiger charge is 2.06. The molecule has 0 atom stereocenters. The van der Waals surface area contributed by atoms with Crippen LogP contribution in [-0.2, 0) is 13.1 Å². The molecule has 0 radical (unpaired) electrons. The first-order chi connectivity index (χ1) is 12.8. The number of amides is 2. The van der Waals surface area contributed by atoms with E-state index in [9.17, 15) is 4.79 Å². The molecule has 8 nitrogen and oxygen atoms in total. The summed E-state index contributed by atoms with van der Waals surface area (Å²) in [6.45, 7) is 3.14. The summed E-state index contributed by atoms with van der Waals surface area (Å²) in [7, 11) is 0. The molecule has 0 saturated heterocycles. The summed E-state index contributed by atoms with van der Waals surface area (Å²) in [6.07, 6.45) is 8.59. The summed E-state index contributed by atoms with van der Waals surface area (Å²) >= 11 is 0. The molecule has 0 spiro atoms. The van der Waals surface area contributed by atoms with E-state index in [1.807, 2.05) is 42.0 Å². The minimum absolute atomic E-state index is 0.269. The average Bonchev–Trinajstić information content (AvgIpc) is 3.21. The van der Waals surface area contributed by atoms with Crippen LogP contribution in [0.25, 0.3) is 5.82 Å². The molecule has 0 aliphatic rings. The number of rotatable bonds is 7. The Bertz CT molecular complexity index is 833. The van der Waals surface area contributed by atoms with Crippen LogP contribution < -0.4 is 15.4 Å². The van der Waals surface area contributed by atoms with Crippen molar-refractivity contribution in [3.05, 3.63) is 66.5 Å². The molecule has 0 unspecified atom stereocenters. The second-order valence-corrected chi connectivity index (χ2v) is 5.43. The fraction of sp³-hybridized carbons (Fsp3) is 0.222. The third-order valence-electron chi connectivity index (χ3n) is 3.60. The number of carbonyl (C=O) groups excluding carboxylic acids is 1. The van der Waals surface area contributed by atoms with E-state index in [2.05, 4.69) is 25.6 Å². The van der Waals surface area contributed by atoms with Gasteiger partial charge in [-0.05, 0) is 24.6 Å². The predicted molar refractivity (Wildman–Crippen MR) is 95.8 cm³/mol. The molecular weight excluding hydrogens is 332 g/mol. The lowest BCUT2D eigenvalue weighted by atomic mass is 10.2. The van der Waals surface area contributed by atoms with Crippen LogP contribution in [-0.4, -0.2) is 32.2 Å². The molecule has 3 aromatic heterocycles. The van der Waals surface area contributed by atoms with Gasteiger partial charge >= 0.3 is 6.03 Å². The number of ether oxygens (including phenoxy) is 1. The van der Waals surface area contributed by atoms with Crippen LogP contribution in [0.1, 0.15) is 18.1 Å². The topological polar surface area (TPSA) is 94.0 Å². The predicted octanol–water partition coefficient (Wildman–Crippen LogP) is 2.06. The first-order valence-electron chi connectivity index (χ1n) is 8.28. The minimum atomic E-state index is -0.269.